The molecular formula is C23H35. The van der Waals surface area contributed by atoms with E-state index in [1.54, 1.807) is 64.2 Å². The van der Waals surface area contributed by atoms with Gasteiger partial charge in [0.25, 0.3) is 0 Å². The SMILES string of the molecule is CCC1(C23CC4CC(CC(C4)[C]2C)C3)C2CC3CC(C2)CC1C3. The van der Waals surface area contributed by atoms with E-state index in [9.17, 15) is 0 Å². The number of rotatable bonds is 2. The van der Waals surface area contributed by atoms with Crippen LogP contribution in [0.3, 0.4) is 0 Å². The average molecular weight is 312 g/mol. The molecule has 127 valence electrons. The Bertz CT molecular complexity index is 474. The molecule has 0 saturated heterocycles. The Kier molecular flexibility index (Phi) is 2.71. The minimum atomic E-state index is 0.694. The van der Waals surface area contributed by atoms with Gasteiger partial charge in [-0.2, -0.15) is 0 Å². The van der Waals surface area contributed by atoms with Crippen molar-refractivity contribution < 1.29 is 0 Å². The van der Waals surface area contributed by atoms with Gasteiger partial charge in [-0.25, -0.2) is 0 Å². The maximum absolute atomic E-state index is 2.64. The summed E-state index contributed by atoms with van der Waals surface area (Å²) in [6, 6.07) is 0. The van der Waals surface area contributed by atoms with Gasteiger partial charge in [0.15, 0.2) is 0 Å². The fraction of sp³-hybridized carbons (Fsp3) is 0.957. The van der Waals surface area contributed by atoms with Crippen molar-refractivity contribution in [3.8, 4) is 0 Å². The summed E-state index contributed by atoms with van der Waals surface area (Å²) in [6.07, 6.45) is 17.6. The first-order valence-corrected chi connectivity index (χ1v) is 11.0. The van der Waals surface area contributed by atoms with Crippen LogP contribution in [-0.2, 0) is 0 Å². The van der Waals surface area contributed by atoms with E-state index in [0.29, 0.717) is 5.41 Å². The van der Waals surface area contributed by atoms with Crippen LogP contribution < -0.4 is 0 Å². The highest BCUT2D eigenvalue weighted by Crippen LogP contribution is 2.78. The van der Waals surface area contributed by atoms with Gasteiger partial charge in [-0.15, -0.1) is 0 Å². The summed E-state index contributed by atoms with van der Waals surface area (Å²) in [5.41, 5.74) is 1.43. The molecule has 0 aromatic carbocycles. The molecule has 0 heteroatoms. The lowest BCUT2D eigenvalue weighted by molar-refractivity contribution is -0.220. The molecule has 0 N–H and O–H groups in total. The normalized spacial score (nSPS) is 63.1. The lowest BCUT2D eigenvalue weighted by Gasteiger charge is -2.74. The van der Waals surface area contributed by atoms with Gasteiger partial charge >= 0.3 is 0 Å². The van der Waals surface area contributed by atoms with Crippen molar-refractivity contribution in [3.05, 3.63) is 5.92 Å². The Morgan fingerprint density at radius 1 is 0.739 bits per heavy atom. The molecule has 0 aliphatic heterocycles. The van der Waals surface area contributed by atoms with E-state index < -0.39 is 0 Å². The van der Waals surface area contributed by atoms with Crippen molar-refractivity contribution in [1.29, 1.82) is 0 Å². The molecule has 0 amide bonds. The molecule has 23 heavy (non-hydrogen) atoms. The molecule has 0 spiro atoms. The van der Waals surface area contributed by atoms with Crippen LogP contribution in [0.2, 0.25) is 0 Å². The molecule has 8 bridgehead atoms. The average Bonchev–Trinajstić information content (AvgIpc) is 2.51. The van der Waals surface area contributed by atoms with Gasteiger partial charge in [-0.1, -0.05) is 13.8 Å². The maximum Gasteiger partial charge on any atom is -0.0168 e. The second kappa shape index (κ2) is 4.39. The van der Waals surface area contributed by atoms with Crippen molar-refractivity contribution in [1.82, 2.24) is 0 Å². The molecule has 2 atom stereocenters. The van der Waals surface area contributed by atoms with Gasteiger partial charge in [0.1, 0.15) is 0 Å². The molecule has 8 saturated carbocycles. The van der Waals surface area contributed by atoms with Crippen LogP contribution in [0.15, 0.2) is 0 Å². The standard InChI is InChI=1S/C23H35/c1-3-23(20-8-15-4-16(10-20)11-21(23)9-15)22-12-17-5-18(13-22)7-19(6-17)14(22)2/h15-21H,3-13H2,1-2H3. The molecule has 8 rings (SSSR count). The van der Waals surface area contributed by atoms with Crippen LogP contribution in [0.4, 0.5) is 0 Å². The summed E-state index contributed by atoms with van der Waals surface area (Å²) in [7, 11) is 0. The van der Waals surface area contributed by atoms with E-state index in [2.05, 4.69) is 13.8 Å². The van der Waals surface area contributed by atoms with Crippen LogP contribution in [0, 0.1) is 58.2 Å². The number of hydrogen-bond acceptors (Lipinski definition) is 0. The third-order valence-electron chi connectivity index (χ3n) is 10.6. The van der Waals surface area contributed by atoms with Gasteiger partial charge in [0.2, 0.25) is 0 Å². The monoisotopic (exact) mass is 311 g/mol. The quantitative estimate of drug-likeness (QED) is 0.564. The Balaban J connectivity index is 1.49. The lowest BCUT2D eigenvalue weighted by Crippen LogP contribution is -2.66. The first-order chi connectivity index (χ1) is 11.1. The Labute approximate surface area is 143 Å². The molecule has 8 aliphatic carbocycles. The summed E-state index contributed by atoms with van der Waals surface area (Å²) in [4.78, 5) is 0. The van der Waals surface area contributed by atoms with E-state index in [0.717, 1.165) is 46.8 Å². The van der Waals surface area contributed by atoms with E-state index in [1.807, 2.05) is 5.92 Å². The Hall–Kier alpha value is 0. The smallest absolute Gasteiger partial charge is 0.0168 e. The van der Waals surface area contributed by atoms with Crippen molar-refractivity contribution in [2.24, 2.45) is 52.3 Å². The van der Waals surface area contributed by atoms with Gasteiger partial charge in [-0.3, -0.25) is 0 Å². The third-order valence-corrected chi connectivity index (χ3v) is 10.6. The van der Waals surface area contributed by atoms with Gasteiger partial charge in [-0.05, 0) is 129 Å². The van der Waals surface area contributed by atoms with Crippen LogP contribution >= 0.6 is 0 Å². The fourth-order valence-electron chi connectivity index (χ4n) is 10.5. The van der Waals surface area contributed by atoms with Gasteiger partial charge in [0.05, 0.1) is 0 Å². The van der Waals surface area contributed by atoms with Crippen molar-refractivity contribution >= 4 is 0 Å². The Morgan fingerprint density at radius 3 is 1.78 bits per heavy atom. The molecule has 2 unspecified atom stereocenters. The van der Waals surface area contributed by atoms with E-state index in [4.69, 9.17) is 0 Å². The largest absolute Gasteiger partial charge is 0.0648 e. The van der Waals surface area contributed by atoms with Crippen molar-refractivity contribution in [2.45, 2.75) is 84.5 Å². The molecule has 0 heterocycles. The summed E-state index contributed by atoms with van der Waals surface area (Å²) < 4.78 is 0. The van der Waals surface area contributed by atoms with Gasteiger partial charge < -0.3 is 0 Å². The van der Waals surface area contributed by atoms with E-state index in [1.165, 1.54) is 6.42 Å². The highest BCUT2D eigenvalue weighted by Gasteiger charge is 2.70. The molecule has 8 fully saturated rings. The molecule has 0 aromatic rings. The van der Waals surface area contributed by atoms with Crippen LogP contribution in [0.25, 0.3) is 0 Å². The van der Waals surface area contributed by atoms with Crippen LogP contribution in [0.5, 0.6) is 0 Å². The minimum Gasteiger partial charge on any atom is -0.0648 e. The van der Waals surface area contributed by atoms with E-state index >= 15 is 0 Å². The fourth-order valence-corrected chi connectivity index (χ4v) is 10.5. The van der Waals surface area contributed by atoms with Crippen molar-refractivity contribution in [2.75, 3.05) is 0 Å². The predicted molar refractivity (Wildman–Crippen MR) is 94.7 cm³/mol. The molecule has 0 nitrogen and oxygen atoms in total. The highest BCUT2D eigenvalue weighted by atomic mass is 14.7. The molecule has 0 aromatic heterocycles. The zero-order valence-corrected chi connectivity index (χ0v) is 15.3. The summed E-state index contributed by atoms with van der Waals surface area (Å²) in [6.45, 7) is 5.25. The van der Waals surface area contributed by atoms with Crippen LogP contribution in [0.1, 0.15) is 84.5 Å². The van der Waals surface area contributed by atoms with Crippen LogP contribution in [-0.4, -0.2) is 0 Å². The lowest BCUT2D eigenvalue weighted by atomic mass is 9.30. The molecule has 8 aliphatic rings. The predicted octanol–water partition coefficient (Wildman–Crippen LogP) is 6.26. The first-order valence-electron chi connectivity index (χ1n) is 11.0. The zero-order chi connectivity index (χ0) is 15.4. The summed E-state index contributed by atoms with van der Waals surface area (Å²) in [5.74, 6) is 9.75. The summed E-state index contributed by atoms with van der Waals surface area (Å²) >= 11 is 0. The van der Waals surface area contributed by atoms with E-state index in [-0.39, 0.29) is 0 Å². The maximum atomic E-state index is 2.64. The summed E-state index contributed by atoms with van der Waals surface area (Å²) in [5, 5.41) is 0. The topological polar surface area (TPSA) is 0 Å². The van der Waals surface area contributed by atoms with Gasteiger partial charge in [0, 0.05) is 0 Å². The Morgan fingerprint density at radius 2 is 1.26 bits per heavy atom. The highest BCUT2D eigenvalue weighted by molar-refractivity contribution is 5.27. The number of hydrogen-bond donors (Lipinski definition) is 0. The molecule has 1 radical (unpaired) electrons. The second-order valence-electron chi connectivity index (χ2n) is 11.0. The van der Waals surface area contributed by atoms with Crippen molar-refractivity contribution in [3.63, 3.8) is 0 Å². The first kappa shape index (κ1) is 14.2. The third kappa shape index (κ3) is 1.52. The second-order valence-corrected chi connectivity index (χ2v) is 11.0. The minimum absolute atomic E-state index is 0.694. The zero-order valence-electron chi connectivity index (χ0n) is 15.3. The molecular weight excluding hydrogens is 276 g/mol.